The second kappa shape index (κ2) is 6.99. The van der Waals surface area contributed by atoms with Crippen molar-refractivity contribution in [1.29, 1.82) is 0 Å². The van der Waals surface area contributed by atoms with Crippen LogP contribution in [-0.4, -0.2) is 50.5 Å². The van der Waals surface area contributed by atoms with Crippen LogP contribution < -0.4 is 10.1 Å². The van der Waals surface area contributed by atoms with Gasteiger partial charge in [-0.3, -0.25) is 0 Å². The molecule has 1 fully saturated rings. The van der Waals surface area contributed by atoms with Gasteiger partial charge in [-0.25, -0.2) is 15.0 Å². The van der Waals surface area contributed by atoms with Crippen molar-refractivity contribution in [3.05, 3.63) is 48.2 Å². The highest BCUT2D eigenvalue weighted by Gasteiger charge is 2.42. The molecule has 7 heteroatoms. The van der Waals surface area contributed by atoms with Crippen LogP contribution in [0.3, 0.4) is 0 Å². The molecule has 122 valence electrons. The maximum absolute atomic E-state index is 10.3. The molecule has 7 nitrogen and oxygen atoms in total. The second-order valence-electron chi connectivity index (χ2n) is 5.69. The van der Waals surface area contributed by atoms with E-state index in [0.717, 1.165) is 11.1 Å². The summed E-state index contributed by atoms with van der Waals surface area (Å²) in [4.78, 5) is 12.2. The van der Waals surface area contributed by atoms with Crippen molar-refractivity contribution in [2.45, 2.75) is 37.1 Å². The van der Waals surface area contributed by atoms with Crippen molar-refractivity contribution >= 4 is 0 Å². The number of aliphatic hydroxyl groups is 2. The zero-order valence-electron chi connectivity index (χ0n) is 12.8. The maximum Gasteiger partial charge on any atom is 0.212 e. The number of aromatic nitrogens is 3. The monoisotopic (exact) mass is 316 g/mol. The average molecular weight is 316 g/mol. The Morgan fingerprint density at radius 3 is 2.65 bits per heavy atom. The molecule has 2 aromatic rings. The van der Waals surface area contributed by atoms with Crippen molar-refractivity contribution in [3.8, 4) is 5.88 Å². The van der Waals surface area contributed by atoms with Crippen LogP contribution in [0.15, 0.2) is 37.1 Å². The molecule has 3 N–H and O–H groups in total. The van der Waals surface area contributed by atoms with E-state index in [2.05, 4.69) is 20.3 Å². The molecule has 0 aliphatic heterocycles. The van der Waals surface area contributed by atoms with Gasteiger partial charge in [0.2, 0.25) is 5.88 Å². The highest BCUT2D eigenvalue weighted by atomic mass is 16.5. The van der Waals surface area contributed by atoms with Gasteiger partial charge in [-0.15, -0.1) is 0 Å². The second-order valence-corrected chi connectivity index (χ2v) is 5.69. The number of nitrogens with zero attached hydrogens (tertiary/aromatic N) is 3. The zero-order chi connectivity index (χ0) is 16.2. The van der Waals surface area contributed by atoms with Crippen LogP contribution in [0.1, 0.15) is 23.5 Å². The maximum atomic E-state index is 10.3. The summed E-state index contributed by atoms with van der Waals surface area (Å²) >= 11 is 0. The lowest BCUT2D eigenvalue weighted by molar-refractivity contribution is 0.0297. The van der Waals surface area contributed by atoms with Gasteiger partial charge in [0.15, 0.2) is 0 Å². The average Bonchev–Trinajstić information content (AvgIpc) is 2.89. The fraction of sp³-hybridized carbons (Fsp3) is 0.438. The summed E-state index contributed by atoms with van der Waals surface area (Å²) in [5.41, 5.74) is 1.89. The summed E-state index contributed by atoms with van der Waals surface area (Å²) in [6.45, 7) is 0.537. The first-order chi connectivity index (χ1) is 11.2. The molecule has 0 radical (unpaired) electrons. The summed E-state index contributed by atoms with van der Waals surface area (Å²) in [6.07, 6.45) is 5.55. The Hall–Kier alpha value is -2.09. The number of rotatable bonds is 5. The van der Waals surface area contributed by atoms with Gasteiger partial charge in [0.25, 0.3) is 0 Å². The van der Waals surface area contributed by atoms with Gasteiger partial charge in [-0.1, -0.05) is 6.07 Å². The van der Waals surface area contributed by atoms with Crippen LogP contribution in [-0.2, 0) is 6.54 Å². The number of hydrogen-bond donors (Lipinski definition) is 3. The Kier molecular flexibility index (Phi) is 4.80. The normalized spacial score (nSPS) is 27.1. The predicted molar refractivity (Wildman–Crippen MR) is 82.8 cm³/mol. The molecular weight excluding hydrogens is 296 g/mol. The lowest BCUT2D eigenvalue weighted by atomic mass is 9.96. The van der Waals surface area contributed by atoms with Crippen LogP contribution in [0.2, 0.25) is 0 Å². The van der Waals surface area contributed by atoms with E-state index >= 15 is 0 Å². The third-order valence-corrected chi connectivity index (χ3v) is 4.25. The first-order valence-corrected chi connectivity index (χ1v) is 7.52. The lowest BCUT2D eigenvalue weighted by Crippen LogP contribution is -2.41. The smallest absolute Gasteiger partial charge is 0.212 e. The van der Waals surface area contributed by atoms with E-state index in [4.69, 9.17) is 4.74 Å². The minimum atomic E-state index is -0.827. The van der Waals surface area contributed by atoms with E-state index in [1.165, 1.54) is 6.33 Å². The van der Waals surface area contributed by atoms with Crippen molar-refractivity contribution in [1.82, 2.24) is 20.3 Å². The van der Waals surface area contributed by atoms with E-state index in [0.29, 0.717) is 18.8 Å². The van der Waals surface area contributed by atoms with E-state index < -0.39 is 12.2 Å². The minimum absolute atomic E-state index is 0.0348. The number of aliphatic hydroxyl groups excluding tert-OH is 2. The Morgan fingerprint density at radius 1 is 1.22 bits per heavy atom. The molecule has 2 heterocycles. The summed E-state index contributed by atoms with van der Waals surface area (Å²) in [7, 11) is 1.57. The molecule has 1 saturated carbocycles. The zero-order valence-corrected chi connectivity index (χ0v) is 12.8. The third kappa shape index (κ3) is 3.47. The Morgan fingerprint density at radius 2 is 2.00 bits per heavy atom. The lowest BCUT2D eigenvalue weighted by Gasteiger charge is -2.23. The topological polar surface area (TPSA) is 100 Å². The van der Waals surface area contributed by atoms with Crippen LogP contribution >= 0.6 is 0 Å². The number of methoxy groups -OCH3 is 1. The van der Waals surface area contributed by atoms with Crippen molar-refractivity contribution < 1.29 is 14.9 Å². The molecule has 1 aliphatic rings. The highest BCUT2D eigenvalue weighted by Crippen LogP contribution is 2.34. The van der Waals surface area contributed by atoms with Gasteiger partial charge in [0, 0.05) is 43.2 Å². The molecule has 0 spiro atoms. The molecule has 1 aliphatic carbocycles. The standard InChI is InChI=1S/C16H20N4O3/c1-23-14-3-2-10(5-19-14)6-20-15-12(4-13(21)16(15)22)11-7-17-9-18-8-11/h2-3,5,7-9,12-13,15-16,20-22H,4,6H2,1H3/t12-,13-,15-,16-/m1/s1. The van der Waals surface area contributed by atoms with Gasteiger partial charge in [0.05, 0.1) is 19.3 Å². The number of nitrogens with one attached hydrogen (secondary N) is 1. The predicted octanol–water partition coefficient (Wildman–Crippen LogP) is 0.248. The van der Waals surface area contributed by atoms with Gasteiger partial charge in [-0.2, -0.15) is 0 Å². The molecule has 0 amide bonds. The summed E-state index contributed by atoms with van der Waals surface area (Å²) in [5.74, 6) is 0.525. The number of ether oxygens (including phenoxy) is 1. The van der Waals surface area contributed by atoms with E-state index in [1.54, 1.807) is 31.8 Å². The Bertz CT molecular complexity index is 623. The number of hydrogen-bond acceptors (Lipinski definition) is 7. The van der Waals surface area contributed by atoms with Crippen LogP contribution in [0, 0.1) is 0 Å². The van der Waals surface area contributed by atoms with Crippen LogP contribution in [0.25, 0.3) is 0 Å². The Labute approximate surface area is 134 Å². The van der Waals surface area contributed by atoms with Crippen molar-refractivity contribution in [2.75, 3.05) is 7.11 Å². The fourth-order valence-electron chi connectivity index (χ4n) is 3.00. The van der Waals surface area contributed by atoms with Crippen LogP contribution in [0.5, 0.6) is 5.88 Å². The highest BCUT2D eigenvalue weighted by molar-refractivity contribution is 5.21. The largest absolute Gasteiger partial charge is 0.481 e. The van der Waals surface area contributed by atoms with Crippen molar-refractivity contribution in [2.24, 2.45) is 0 Å². The minimum Gasteiger partial charge on any atom is -0.481 e. The van der Waals surface area contributed by atoms with Gasteiger partial charge in [-0.05, 0) is 17.5 Å². The molecule has 2 aromatic heterocycles. The molecule has 0 unspecified atom stereocenters. The van der Waals surface area contributed by atoms with E-state index in [9.17, 15) is 10.2 Å². The SMILES string of the molecule is COc1ccc(CN[C@H]2[C@H](O)[C@H](O)C[C@@H]2c2cncnc2)cn1. The summed E-state index contributed by atoms with van der Waals surface area (Å²) in [6, 6.07) is 3.44. The molecule has 0 aromatic carbocycles. The van der Waals surface area contributed by atoms with Gasteiger partial charge >= 0.3 is 0 Å². The molecule has 0 saturated heterocycles. The Balaban J connectivity index is 1.70. The molecule has 0 bridgehead atoms. The molecule has 23 heavy (non-hydrogen) atoms. The van der Waals surface area contributed by atoms with Gasteiger partial charge in [0.1, 0.15) is 6.33 Å². The summed E-state index contributed by atoms with van der Waals surface area (Å²) in [5, 5.41) is 23.6. The first kappa shape index (κ1) is 15.8. The van der Waals surface area contributed by atoms with E-state index in [-0.39, 0.29) is 12.0 Å². The van der Waals surface area contributed by atoms with E-state index in [1.807, 2.05) is 6.07 Å². The van der Waals surface area contributed by atoms with Gasteiger partial charge < -0.3 is 20.3 Å². The fourth-order valence-corrected chi connectivity index (χ4v) is 3.00. The third-order valence-electron chi connectivity index (χ3n) is 4.25. The number of pyridine rings is 1. The molecule has 3 rings (SSSR count). The molecule has 4 atom stereocenters. The van der Waals surface area contributed by atoms with Crippen molar-refractivity contribution in [3.63, 3.8) is 0 Å². The summed E-state index contributed by atoms with van der Waals surface area (Å²) < 4.78 is 5.03. The first-order valence-electron chi connectivity index (χ1n) is 7.52. The molecular formula is C16H20N4O3. The van der Waals surface area contributed by atoms with Crippen LogP contribution in [0.4, 0.5) is 0 Å². The quantitative estimate of drug-likeness (QED) is 0.727.